The van der Waals surface area contributed by atoms with Gasteiger partial charge in [0.15, 0.2) is 0 Å². The lowest BCUT2D eigenvalue weighted by molar-refractivity contribution is 0.0854. The smallest absolute Gasteiger partial charge is 0.127 e. The fourth-order valence-electron chi connectivity index (χ4n) is 4.79. The lowest BCUT2D eigenvalue weighted by Gasteiger charge is -2.40. The highest BCUT2D eigenvalue weighted by atomic mass is 19.1. The van der Waals surface area contributed by atoms with Crippen molar-refractivity contribution in [1.29, 1.82) is 0 Å². The van der Waals surface area contributed by atoms with Gasteiger partial charge in [0.05, 0.1) is 6.54 Å². The van der Waals surface area contributed by atoms with E-state index in [0.717, 1.165) is 51.4 Å². The van der Waals surface area contributed by atoms with E-state index in [1.807, 2.05) is 18.3 Å². The second-order valence-corrected chi connectivity index (χ2v) is 8.00. The van der Waals surface area contributed by atoms with Gasteiger partial charge in [0, 0.05) is 44.1 Å². The molecule has 2 saturated heterocycles. The van der Waals surface area contributed by atoms with Crippen LogP contribution in [0.4, 0.5) is 4.39 Å². The summed E-state index contributed by atoms with van der Waals surface area (Å²) in [5.74, 6) is 1.09. The Labute approximate surface area is 155 Å². The SMILES string of the molecule is CCn1ccnc1CN1CC[C@]2(CCCN(Cc3ccccc3F)C2)C1. The summed E-state index contributed by atoms with van der Waals surface area (Å²) in [5.41, 5.74) is 1.19. The molecule has 0 amide bonds. The number of aromatic nitrogens is 2. The Bertz CT molecular complexity index is 743. The third-order valence-electron chi connectivity index (χ3n) is 6.12. The molecule has 0 radical (unpaired) electrons. The predicted molar refractivity (Wildman–Crippen MR) is 101 cm³/mol. The van der Waals surface area contributed by atoms with E-state index in [9.17, 15) is 4.39 Å². The number of likely N-dealkylation sites (tertiary alicyclic amines) is 2. The number of hydrogen-bond donors (Lipinski definition) is 0. The summed E-state index contributed by atoms with van der Waals surface area (Å²) in [6, 6.07) is 7.20. The summed E-state index contributed by atoms with van der Waals surface area (Å²) in [6.07, 6.45) is 7.72. The molecule has 0 N–H and O–H groups in total. The molecule has 0 saturated carbocycles. The Balaban J connectivity index is 1.39. The van der Waals surface area contributed by atoms with Crippen molar-refractivity contribution in [3.63, 3.8) is 0 Å². The molecule has 2 aliphatic rings. The molecule has 3 heterocycles. The van der Waals surface area contributed by atoms with Gasteiger partial charge in [-0.05, 0) is 50.8 Å². The van der Waals surface area contributed by atoms with Crippen LogP contribution >= 0.6 is 0 Å². The first-order valence-electron chi connectivity index (χ1n) is 9.86. The van der Waals surface area contributed by atoms with Gasteiger partial charge in [0.25, 0.3) is 0 Å². The largest absolute Gasteiger partial charge is 0.334 e. The van der Waals surface area contributed by atoms with Crippen LogP contribution in [0.15, 0.2) is 36.7 Å². The Kier molecular flexibility index (Phi) is 5.09. The average molecular weight is 356 g/mol. The zero-order chi connectivity index (χ0) is 18.0. The van der Waals surface area contributed by atoms with E-state index in [-0.39, 0.29) is 5.82 Å². The van der Waals surface area contributed by atoms with Crippen LogP contribution in [0.5, 0.6) is 0 Å². The minimum Gasteiger partial charge on any atom is -0.334 e. The van der Waals surface area contributed by atoms with Crippen molar-refractivity contribution in [3.05, 3.63) is 53.9 Å². The van der Waals surface area contributed by atoms with Gasteiger partial charge in [-0.1, -0.05) is 18.2 Å². The molecule has 0 aliphatic carbocycles. The fraction of sp³-hybridized carbons (Fsp3) is 0.571. The molecule has 0 unspecified atom stereocenters. The normalized spacial score (nSPS) is 24.5. The minimum absolute atomic E-state index is 0.0772. The van der Waals surface area contributed by atoms with Gasteiger partial charge >= 0.3 is 0 Å². The molecule has 140 valence electrons. The maximum Gasteiger partial charge on any atom is 0.127 e. The van der Waals surface area contributed by atoms with Crippen molar-refractivity contribution in [1.82, 2.24) is 19.4 Å². The van der Waals surface area contributed by atoms with Crippen LogP contribution in [0.3, 0.4) is 0 Å². The number of rotatable bonds is 5. The second-order valence-electron chi connectivity index (χ2n) is 8.00. The van der Waals surface area contributed by atoms with Gasteiger partial charge in [-0.3, -0.25) is 9.80 Å². The summed E-state index contributed by atoms with van der Waals surface area (Å²) in [7, 11) is 0. The molecule has 1 aromatic heterocycles. The zero-order valence-corrected chi connectivity index (χ0v) is 15.7. The molecule has 1 aromatic carbocycles. The fourth-order valence-corrected chi connectivity index (χ4v) is 4.79. The number of benzene rings is 1. The average Bonchev–Trinajstić information content (AvgIpc) is 3.24. The van der Waals surface area contributed by atoms with Crippen molar-refractivity contribution >= 4 is 0 Å². The first-order valence-corrected chi connectivity index (χ1v) is 9.86. The maximum atomic E-state index is 14.0. The minimum atomic E-state index is -0.0772. The number of hydrogen-bond acceptors (Lipinski definition) is 3. The van der Waals surface area contributed by atoms with Gasteiger partial charge in [0.2, 0.25) is 0 Å². The predicted octanol–water partition coefficient (Wildman–Crippen LogP) is 3.53. The van der Waals surface area contributed by atoms with Crippen molar-refractivity contribution < 1.29 is 4.39 Å². The van der Waals surface area contributed by atoms with E-state index >= 15 is 0 Å². The van der Waals surface area contributed by atoms with Crippen molar-refractivity contribution in [3.8, 4) is 0 Å². The van der Waals surface area contributed by atoms with E-state index in [0.29, 0.717) is 5.41 Å². The lowest BCUT2D eigenvalue weighted by Crippen LogP contribution is -2.44. The first kappa shape index (κ1) is 17.7. The highest BCUT2D eigenvalue weighted by Crippen LogP contribution is 2.39. The second kappa shape index (κ2) is 7.49. The third kappa shape index (κ3) is 3.69. The zero-order valence-electron chi connectivity index (χ0n) is 15.7. The molecule has 2 fully saturated rings. The Morgan fingerprint density at radius 3 is 2.69 bits per heavy atom. The number of halogens is 1. The first-order chi connectivity index (χ1) is 12.7. The topological polar surface area (TPSA) is 24.3 Å². The number of aryl methyl sites for hydroxylation is 1. The molecule has 1 atom stereocenters. The van der Waals surface area contributed by atoms with Gasteiger partial charge in [-0.15, -0.1) is 0 Å². The van der Waals surface area contributed by atoms with Crippen molar-refractivity contribution in [2.45, 2.75) is 45.8 Å². The monoisotopic (exact) mass is 356 g/mol. The van der Waals surface area contributed by atoms with Crippen LogP contribution in [0.1, 0.15) is 37.6 Å². The Morgan fingerprint density at radius 2 is 1.88 bits per heavy atom. The summed E-state index contributed by atoms with van der Waals surface area (Å²) < 4.78 is 16.2. The third-order valence-corrected chi connectivity index (χ3v) is 6.12. The Morgan fingerprint density at radius 1 is 1.08 bits per heavy atom. The van der Waals surface area contributed by atoms with Crippen molar-refractivity contribution in [2.24, 2.45) is 5.41 Å². The standard InChI is InChI=1S/C21H29FN4/c1-2-26-13-10-23-20(26)15-25-12-9-21(17-25)8-5-11-24(16-21)14-18-6-3-4-7-19(18)22/h3-4,6-7,10,13H,2,5,8-9,11-12,14-17H2,1H3/t21-/m0/s1. The van der Waals surface area contributed by atoms with Crippen LogP contribution in [-0.4, -0.2) is 45.5 Å². The van der Waals surface area contributed by atoms with Gasteiger partial charge in [0.1, 0.15) is 11.6 Å². The number of imidazole rings is 1. The maximum absolute atomic E-state index is 14.0. The molecule has 26 heavy (non-hydrogen) atoms. The van der Waals surface area contributed by atoms with Crippen LogP contribution in [0.2, 0.25) is 0 Å². The van der Waals surface area contributed by atoms with E-state index in [1.54, 1.807) is 12.1 Å². The molecular weight excluding hydrogens is 327 g/mol. The highest BCUT2D eigenvalue weighted by Gasteiger charge is 2.41. The van der Waals surface area contributed by atoms with Gasteiger partial charge in [-0.25, -0.2) is 9.37 Å². The summed E-state index contributed by atoms with van der Waals surface area (Å²) in [4.78, 5) is 9.55. The van der Waals surface area contributed by atoms with Gasteiger partial charge < -0.3 is 4.57 Å². The summed E-state index contributed by atoms with van der Waals surface area (Å²) >= 11 is 0. The molecular formula is C21H29FN4. The summed E-state index contributed by atoms with van der Waals surface area (Å²) in [6.45, 7) is 9.26. The van der Waals surface area contributed by atoms with Crippen LogP contribution in [0, 0.1) is 11.2 Å². The summed E-state index contributed by atoms with van der Waals surface area (Å²) in [5, 5.41) is 0. The molecule has 4 rings (SSSR count). The van der Waals surface area contributed by atoms with Crippen LogP contribution in [-0.2, 0) is 19.6 Å². The number of nitrogens with zero attached hydrogens (tertiary/aromatic N) is 4. The molecule has 4 nitrogen and oxygen atoms in total. The highest BCUT2D eigenvalue weighted by molar-refractivity contribution is 5.17. The van der Waals surface area contributed by atoms with E-state index in [4.69, 9.17) is 0 Å². The van der Waals surface area contributed by atoms with Crippen LogP contribution < -0.4 is 0 Å². The molecule has 2 aromatic rings. The molecule has 2 aliphatic heterocycles. The van der Waals surface area contributed by atoms with E-state index in [2.05, 4.69) is 32.5 Å². The Hall–Kier alpha value is -1.72. The molecule has 5 heteroatoms. The molecule has 1 spiro atoms. The van der Waals surface area contributed by atoms with E-state index < -0.39 is 0 Å². The van der Waals surface area contributed by atoms with Gasteiger partial charge in [-0.2, -0.15) is 0 Å². The van der Waals surface area contributed by atoms with Crippen molar-refractivity contribution in [2.75, 3.05) is 26.2 Å². The quantitative estimate of drug-likeness (QED) is 0.819. The lowest BCUT2D eigenvalue weighted by atomic mass is 9.79. The van der Waals surface area contributed by atoms with E-state index in [1.165, 1.54) is 25.1 Å². The number of piperidine rings is 1. The van der Waals surface area contributed by atoms with Crippen LogP contribution in [0.25, 0.3) is 0 Å². The molecule has 0 bridgehead atoms.